The highest BCUT2D eigenvalue weighted by Crippen LogP contribution is 2.37. The van der Waals surface area contributed by atoms with Crippen LogP contribution in [-0.2, 0) is 4.74 Å². The second-order valence-corrected chi connectivity index (χ2v) is 7.18. The zero-order valence-corrected chi connectivity index (χ0v) is 15.2. The van der Waals surface area contributed by atoms with Gasteiger partial charge in [-0.3, -0.25) is 0 Å². The Balaban J connectivity index is 1.93. The highest BCUT2D eigenvalue weighted by atomic mass is 35.5. The van der Waals surface area contributed by atoms with Crippen molar-refractivity contribution in [1.29, 1.82) is 0 Å². The minimum Gasteiger partial charge on any atom is -0.396 e. The number of hydrogen-bond acceptors (Lipinski definition) is 2. The van der Waals surface area contributed by atoms with Crippen molar-refractivity contribution in [2.45, 2.75) is 70.1 Å². The summed E-state index contributed by atoms with van der Waals surface area (Å²) in [5.74, 6) is 0.637. The maximum atomic E-state index is 9.67. The lowest BCUT2D eigenvalue weighted by Crippen LogP contribution is -2.13. The third kappa shape index (κ3) is 5.77. The standard InChI is InChI=1S/C20H31ClO2/c1-2-3-7-12-23-15-18(14-22)17-10-11-19(20(21)13-17)16-8-5-4-6-9-16/h10-11,13,16,18,22H,2-9,12,14-15H2,1H3. The van der Waals surface area contributed by atoms with Gasteiger partial charge in [-0.25, -0.2) is 0 Å². The molecule has 0 aromatic heterocycles. The van der Waals surface area contributed by atoms with E-state index in [9.17, 15) is 5.11 Å². The van der Waals surface area contributed by atoms with Crippen LogP contribution in [0.15, 0.2) is 18.2 Å². The first kappa shape index (κ1) is 18.8. The Morgan fingerprint density at radius 3 is 2.65 bits per heavy atom. The van der Waals surface area contributed by atoms with Gasteiger partial charge in [-0.05, 0) is 42.4 Å². The monoisotopic (exact) mass is 338 g/mol. The number of ether oxygens (including phenoxy) is 1. The summed E-state index contributed by atoms with van der Waals surface area (Å²) < 4.78 is 5.73. The molecule has 1 fully saturated rings. The van der Waals surface area contributed by atoms with Crippen LogP contribution < -0.4 is 0 Å². The lowest BCUT2D eigenvalue weighted by atomic mass is 9.83. The van der Waals surface area contributed by atoms with Crippen LogP contribution in [0.25, 0.3) is 0 Å². The van der Waals surface area contributed by atoms with Gasteiger partial charge in [0.2, 0.25) is 0 Å². The second-order valence-electron chi connectivity index (χ2n) is 6.78. The summed E-state index contributed by atoms with van der Waals surface area (Å²) in [5.41, 5.74) is 2.38. The van der Waals surface area contributed by atoms with E-state index >= 15 is 0 Å². The number of benzene rings is 1. The van der Waals surface area contributed by atoms with Crippen molar-refractivity contribution in [2.75, 3.05) is 19.8 Å². The van der Waals surface area contributed by atoms with E-state index in [4.69, 9.17) is 16.3 Å². The maximum absolute atomic E-state index is 9.67. The third-order valence-corrected chi connectivity index (χ3v) is 5.30. The Morgan fingerprint density at radius 1 is 1.22 bits per heavy atom. The minimum absolute atomic E-state index is 0.0227. The van der Waals surface area contributed by atoms with Crippen molar-refractivity contribution in [1.82, 2.24) is 0 Å². The molecule has 0 amide bonds. The summed E-state index contributed by atoms with van der Waals surface area (Å²) in [7, 11) is 0. The van der Waals surface area contributed by atoms with Gasteiger partial charge >= 0.3 is 0 Å². The topological polar surface area (TPSA) is 29.5 Å². The molecule has 2 rings (SSSR count). The molecule has 0 saturated heterocycles. The number of rotatable bonds is 9. The molecule has 1 N–H and O–H groups in total. The molecule has 1 atom stereocenters. The average molecular weight is 339 g/mol. The first-order valence-electron chi connectivity index (χ1n) is 9.24. The van der Waals surface area contributed by atoms with E-state index in [0.29, 0.717) is 12.5 Å². The summed E-state index contributed by atoms with van der Waals surface area (Å²) in [5, 5.41) is 10.5. The van der Waals surface area contributed by atoms with E-state index in [1.807, 2.05) is 6.07 Å². The molecule has 0 spiro atoms. The highest BCUT2D eigenvalue weighted by molar-refractivity contribution is 6.31. The van der Waals surface area contributed by atoms with Gasteiger partial charge in [-0.2, -0.15) is 0 Å². The molecule has 1 aromatic rings. The van der Waals surface area contributed by atoms with Crippen LogP contribution >= 0.6 is 11.6 Å². The first-order chi connectivity index (χ1) is 11.3. The van der Waals surface area contributed by atoms with E-state index in [1.165, 1.54) is 50.5 Å². The van der Waals surface area contributed by atoms with Gasteiger partial charge in [-0.1, -0.05) is 62.8 Å². The summed E-state index contributed by atoms with van der Waals surface area (Å²) in [6.45, 7) is 3.64. The molecular formula is C20H31ClO2. The smallest absolute Gasteiger partial charge is 0.0556 e. The molecule has 2 nitrogen and oxygen atoms in total. The van der Waals surface area contributed by atoms with Crippen molar-refractivity contribution < 1.29 is 9.84 Å². The fraction of sp³-hybridized carbons (Fsp3) is 0.700. The van der Waals surface area contributed by atoms with E-state index in [1.54, 1.807) is 0 Å². The molecule has 0 aliphatic heterocycles. The first-order valence-corrected chi connectivity index (χ1v) is 9.62. The normalized spacial score (nSPS) is 17.3. The number of halogens is 1. The van der Waals surface area contributed by atoms with E-state index in [-0.39, 0.29) is 12.5 Å². The van der Waals surface area contributed by atoms with Crippen molar-refractivity contribution >= 4 is 11.6 Å². The van der Waals surface area contributed by atoms with Crippen molar-refractivity contribution in [3.63, 3.8) is 0 Å². The van der Waals surface area contributed by atoms with E-state index in [0.717, 1.165) is 23.6 Å². The van der Waals surface area contributed by atoms with Crippen LogP contribution in [0.1, 0.15) is 81.3 Å². The molecular weight excluding hydrogens is 308 g/mol. The van der Waals surface area contributed by atoms with Crippen molar-refractivity contribution in [3.8, 4) is 0 Å². The van der Waals surface area contributed by atoms with Gasteiger partial charge in [0, 0.05) is 17.5 Å². The highest BCUT2D eigenvalue weighted by Gasteiger charge is 2.19. The van der Waals surface area contributed by atoms with Gasteiger partial charge in [0.1, 0.15) is 0 Å². The summed E-state index contributed by atoms with van der Waals surface area (Å²) >= 11 is 6.54. The Hall–Kier alpha value is -0.570. The van der Waals surface area contributed by atoms with Crippen LogP contribution in [0, 0.1) is 0 Å². The Morgan fingerprint density at radius 2 is 2.00 bits per heavy atom. The average Bonchev–Trinajstić information content (AvgIpc) is 2.59. The largest absolute Gasteiger partial charge is 0.396 e. The Labute approximate surface area is 146 Å². The maximum Gasteiger partial charge on any atom is 0.0556 e. The zero-order chi connectivity index (χ0) is 16.5. The molecule has 23 heavy (non-hydrogen) atoms. The molecule has 1 aliphatic carbocycles. The van der Waals surface area contributed by atoms with Crippen LogP contribution in [0.2, 0.25) is 5.02 Å². The number of unbranched alkanes of at least 4 members (excludes halogenated alkanes) is 2. The fourth-order valence-electron chi connectivity index (χ4n) is 3.48. The molecule has 0 bridgehead atoms. The van der Waals surface area contributed by atoms with Crippen LogP contribution in [0.5, 0.6) is 0 Å². The van der Waals surface area contributed by atoms with Gasteiger partial charge in [0.25, 0.3) is 0 Å². The van der Waals surface area contributed by atoms with Crippen LogP contribution in [-0.4, -0.2) is 24.9 Å². The zero-order valence-electron chi connectivity index (χ0n) is 14.4. The van der Waals surface area contributed by atoms with Gasteiger partial charge < -0.3 is 9.84 Å². The summed E-state index contributed by atoms with van der Waals surface area (Å²) in [6.07, 6.45) is 9.98. The van der Waals surface area contributed by atoms with Crippen LogP contribution in [0.4, 0.5) is 0 Å². The van der Waals surface area contributed by atoms with Crippen molar-refractivity contribution in [3.05, 3.63) is 34.3 Å². The quantitative estimate of drug-likeness (QED) is 0.588. The lowest BCUT2D eigenvalue weighted by molar-refractivity contribution is 0.0966. The molecule has 1 unspecified atom stereocenters. The van der Waals surface area contributed by atoms with Gasteiger partial charge in [0.15, 0.2) is 0 Å². The molecule has 130 valence electrons. The lowest BCUT2D eigenvalue weighted by Gasteiger charge is -2.24. The van der Waals surface area contributed by atoms with Gasteiger partial charge in [0.05, 0.1) is 13.2 Å². The van der Waals surface area contributed by atoms with Crippen molar-refractivity contribution in [2.24, 2.45) is 0 Å². The summed E-state index contributed by atoms with van der Waals surface area (Å²) in [4.78, 5) is 0. The molecule has 3 heteroatoms. The molecule has 0 heterocycles. The number of aliphatic hydroxyl groups is 1. The Kier molecular flexibility index (Phi) is 8.43. The Bertz CT molecular complexity index is 455. The minimum atomic E-state index is 0.0227. The molecule has 1 aliphatic rings. The molecule has 0 radical (unpaired) electrons. The van der Waals surface area contributed by atoms with E-state index in [2.05, 4.69) is 19.1 Å². The third-order valence-electron chi connectivity index (χ3n) is 4.97. The molecule has 1 saturated carbocycles. The predicted octanol–water partition coefficient (Wildman–Crippen LogP) is 5.67. The van der Waals surface area contributed by atoms with E-state index < -0.39 is 0 Å². The SMILES string of the molecule is CCCCCOCC(CO)c1ccc(C2CCCCC2)c(Cl)c1. The van der Waals surface area contributed by atoms with Gasteiger partial charge in [-0.15, -0.1) is 0 Å². The number of aliphatic hydroxyl groups excluding tert-OH is 1. The van der Waals surface area contributed by atoms with Crippen LogP contribution in [0.3, 0.4) is 0 Å². The molecule has 1 aromatic carbocycles. The number of hydrogen-bond donors (Lipinski definition) is 1. The fourth-order valence-corrected chi connectivity index (χ4v) is 3.82. The predicted molar refractivity (Wildman–Crippen MR) is 97.4 cm³/mol. The summed E-state index contributed by atoms with van der Waals surface area (Å²) in [6, 6.07) is 6.35. The second kappa shape index (κ2) is 10.3.